The summed E-state index contributed by atoms with van der Waals surface area (Å²) in [5.41, 5.74) is -0.0888. The lowest BCUT2D eigenvalue weighted by atomic mass is 9.73. The molecule has 0 saturated heterocycles. The SMILES string of the molecule is CC(C)(C)CC(C)(C)C([C]=O)Oc1ccccc1. The molecule has 2 nitrogen and oxygen atoms in total. The Labute approximate surface area is 110 Å². The summed E-state index contributed by atoms with van der Waals surface area (Å²) < 4.78 is 5.75. The van der Waals surface area contributed by atoms with Gasteiger partial charge in [0.15, 0.2) is 6.10 Å². The summed E-state index contributed by atoms with van der Waals surface area (Å²) >= 11 is 0. The molecule has 1 atom stereocenters. The molecule has 0 saturated carbocycles. The van der Waals surface area contributed by atoms with Crippen molar-refractivity contribution < 1.29 is 9.53 Å². The number of hydrogen-bond donors (Lipinski definition) is 0. The van der Waals surface area contributed by atoms with Crippen molar-refractivity contribution in [2.24, 2.45) is 10.8 Å². The molecule has 0 bridgehead atoms. The fourth-order valence-electron chi connectivity index (χ4n) is 2.44. The van der Waals surface area contributed by atoms with E-state index in [9.17, 15) is 4.79 Å². The summed E-state index contributed by atoms with van der Waals surface area (Å²) in [5.74, 6) is 0.716. The van der Waals surface area contributed by atoms with Gasteiger partial charge < -0.3 is 4.74 Å². The fourth-order valence-corrected chi connectivity index (χ4v) is 2.44. The van der Waals surface area contributed by atoms with Crippen molar-refractivity contribution in [2.75, 3.05) is 0 Å². The Bertz CT molecular complexity index is 374. The minimum absolute atomic E-state index is 0.151. The third-order valence-electron chi connectivity index (χ3n) is 2.80. The van der Waals surface area contributed by atoms with Crippen LogP contribution in [0.4, 0.5) is 0 Å². The van der Waals surface area contributed by atoms with Gasteiger partial charge in [-0.15, -0.1) is 0 Å². The van der Waals surface area contributed by atoms with Gasteiger partial charge in [-0.2, -0.15) is 0 Å². The Morgan fingerprint density at radius 3 is 2.11 bits per heavy atom. The van der Waals surface area contributed by atoms with E-state index in [1.54, 1.807) is 0 Å². The molecule has 0 heterocycles. The molecule has 1 aromatic carbocycles. The molecule has 99 valence electrons. The zero-order chi connectivity index (χ0) is 13.8. The standard InChI is InChI=1S/C16H23O2/c1-15(2,3)12-16(4,5)14(11-17)18-13-9-7-6-8-10-13/h6-10,14H,12H2,1-5H3. The Morgan fingerprint density at radius 1 is 1.11 bits per heavy atom. The second-order valence-electron chi connectivity index (χ2n) is 6.65. The molecule has 0 aliphatic rings. The number of hydrogen-bond acceptors (Lipinski definition) is 2. The van der Waals surface area contributed by atoms with E-state index in [0.717, 1.165) is 6.42 Å². The summed E-state index contributed by atoms with van der Waals surface area (Å²) in [4.78, 5) is 11.2. The summed E-state index contributed by atoms with van der Waals surface area (Å²) in [7, 11) is 0. The molecule has 0 aliphatic carbocycles. The fraction of sp³-hybridized carbons (Fsp3) is 0.562. The smallest absolute Gasteiger partial charge is 0.243 e. The van der Waals surface area contributed by atoms with Gasteiger partial charge in [0.25, 0.3) is 0 Å². The molecular weight excluding hydrogens is 224 g/mol. The van der Waals surface area contributed by atoms with E-state index >= 15 is 0 Å². The summed E-state index contributed by atoms with van der Waals surface area (Å²) in [6.45, 7) is 10.6. The average Bonchev–Trinajstić information content (AvgIpc) is 2.23. The second kappa shape index (κ2) is 5.55. The van der Waals surface area contributed by atoms with Crippen LogP contribution >= 0.6 is 0 Å². The van der Waals surface area contributed by atoms with E-state index in [2.05, 4.69) is 34.6 Å². The summed E-state index contributed by atoms with van der Waals surface area (Å²) in [6, 6.07) is 9.43. The summed E-state index contributed by atoms with van der Waals surface area (Å²) in [6.07, 6.45) is 2.39. The van der Waals surface area contributed by atoms with Gasteiger partial charge in [-0.3, -0.25) is 4.79 Å². The monoisotopic (exact) mass is 247 g/mol. The molecule has 18 heavy (non-hydrogen) atoms. The maximum atomic E-state index is 11.2. The van der Waals surface area contributed by atoms with E-state index in [1.165, 1.54) is 0 Å². The van der Waals surface area contributed by atoms with Crippen LogP contribution in [0, 0.1) is 10.8 Å². The van der Waals surface area contributed by atoms with Gasteiger partial charge in [-0.25, -0.2) is 0 Å². The normalized spacial score (nSPS) is 14.1. The quantitative estimate of drug-likeness (QED) is 0.786. The highest BCUT2D eigenvalue weighted by Gasteiger charge is 2.35. The Balaban J connectivity index is 2.80. The van der Waals surface area contributed by atoms with Crippen molar-refractivity contribution in [1.82, 2.24) is 0 Å². The number of ether oxygens (including phenoxy) is 1. The van der Waals surface area contributed by atoms with Crippen LogP contribution in [-0.4, -0.2) is 12.4 Å². The first kappa shape index (κ1) is 14.7. The van der Waals surface area contributed by atoms with E-state index < -0.39 is 6.10 Å². The number of benzene rings is 1. The predicted octanol–water partition coefficient (Wildman–Crippen LogP) is 4.01. The maximum Gasteiger partial charge on any atom is 0.243 e. The van der Waals surface area contributed by atoms with Gasteiger partial charge in [-0.1, -0.05) is 52.8 Å². The molecule has 2 heteroatoms. The second-order valence-corrected chi connectivity index (χ2v) is 6.65. The lowest BCUT2D eigenvalue weighted by molar-refractivity contribution is 0.0836. The van der Waals surface area contributed by atoms with Crippen LogP contribution < -0.4 is 4.74 Å². The van der Waals surface area contributed by atoms with E-state index in [4.69, 9.17) is 4.74 Å². The van der Waals surface area contributed by atoms with Crippen molar-refractivity contribution in [3.05, 3.63) is 30.3 Å². The molecular formula is C16H23O2. The molecule has 1 unspecified atom stereocenters. The zero-order valence-corrected chi connectivity index (χ0v) is 12.0. The van der Waals surface area contributed by atoms with Crippen LogP contribution in [0.25, 0.3) is 0 Å². The van der Waals surface area contributed by atoms with Gasteiger partial charge in [0.2, 0.25) is 6.29 Å². The molecule has 0 fully saturated rings. The zero-order valence-electron chi connectivity index (χ0n) is 12.0. The van der Waals surface area contributed by atoms with Crippen molar-refractivity contribution in [2.45, 2.75) is 47.1 Å². The number of carbonyl (C=O) groups excluding carboxylic acids is 1. The molecule has 0 aliphatic heterocycles. The van der Waals surface area contributed by atoms with Crippen LogP contribution in [0.2, 0.25) is 0 Å². The highest BCUT2D eigenvalue weighted by molar-refractivity contribution is 5.59. The third kappa shape index (κ3) is 4.52. The van der Waals surface area contributed by atoms with Crippen molar-refractivity contribution >= 4 is 6.29 Å². The topological polar surface area (TPSA) is 26.3 Å². The van der Waals surface area contributed by atoms with E-state index in [0.29, 0.717) is 5.75 Å². The van der Waals surface area contributed by atoms with Crippen molar-refractivity contribution in [3.63, 3.8) is 0 Å². The lowest BCUT2D eigenvalue weighted by Crippen LogP contribution is -2.38. The Kier molecular flexibility index (Phi) is 4.55. The van der Waals surface area contributed by atoms with Gasteiger partial charge in [0.1, 0.15) is 5.75 Å². The molecule has 1 aromatic rings. The molecule has 1 radical (unpaired) electrons. The number of para-hydroxylation sites is 1. The summed E-state index contributed by atoms with van der Waals surface area (Å²) in [5, 5.41) is 0. The minimum atomic E-state index is -0.542. The molecule has 0 amide bonds. The highest BCUT2D eigenvalue weighted by atomic mass is 16.5. The van der Waals surface area contributed by atoms with Gasteiger partial charge in [-0.05, 0) is 24.0 Å². The predicted molar refractivity (Wildman–Crippen MR) is 74.4 cm³/mol. The van der Waals surface area contributed by atoms with Crippen LogP contribution in [0.15, 0.2) is 30.3 Å². The van der Waals surface area contributed by atoms with E-state index in [-0.39, 0.29) is 10.8 Å². The molecule has 0 spiro atoms. The Hall–Kier alpha value is -1.31. The van der Waals surface area contributed by atoms with E-state index in [1.807, 2.05) is 36.6 Å². The first-order valence-electron chi connectivity index (χ1n) is 6.34. The van der Waals surface area contributed by atoms with Crippen molar-refractivity contribution in [3.8, 4) is 5.75 Å². The third-order valence-corrected chi connectivity index (χ3v) is 2.80. The van der Waals surface area contributed by atoms with Crippen LogP contribution in [0.5, 0.6) is 5.75 Å². The average molecular weight is 247 g/mol. The lowest BCUT2D eigenvalue weighted by Gasteiger charge is -2.35. The van der Waals surface area contributed by atoms with Crippen LogP contribution in [0.3, 0.4) is 0 Å². The Morgan fingerprint density at radius 2 is 1.67 bits per heavy atom. The first-order chi connectivity index (χ1) is 8.24. The van der Waals surface area contributed by atoms with Crippen LogP contribution in [0.1, 0.15) is 41.0 Å². The minimum Gasteiger partial charge on any atom is -0.482 e. The highest BCUT2D eigenvalue weighted by Crippen LogP contribution is 2.36. The maximum absolute atomic E-state index is 11.2. The first-order valence-corrected chi connectivity index (χ1v) is 6.34. The molecule has 0 N–H and O–H groups in total. The molecule has 1 rings (SSSR count). The van der Waals surface area contributed by atoms with Crippen LogP contribution in [-0.2, 0) is 4.79 Å². The van der Waals surface area contributed by atoms with Crippen molar-refractivity contribution in [1.29, 1.82) is 0 Å². The van der Waals surface area contributed by atoms with Gasteiger partial charge >= 0.3 is 0 Å². The van der Waals surface area contributed by atoms with Gasteiger partial charge in [0, 0.05) is 5.41 Å². The molecule has 0 aromatic heterocycles. The number of rotatable bonds is 5. The largest absolute Gasteiger partial charge is 0.482 e. The van der Waals surface area contributed by atoms with Gasteiger partial charge in [0.05, 0.1) is 0 Å².